The van der Waals surface area contributed by atoms with Gasteiger partial charge in [0.2, 0.25) is 0 Å². The van der Waals surface area contributed by atoms with Crippen molar-refractivity contribution in [1.29, 1.82) is 0 Å². The van der Waals surface area contributed by atoms with Crippen molar-refractivity contribution in [2.24, 2.45) is 0 Å². The number of hydrogen-bond acceptors (Lipinski definition) is 4. The topological polar surface area (TPSA) is 81.1 Å². The van der Waals surface area contributed by atoms with E-state index >= 15 is 0 Å². The molecule has 2 heterocycles. The number of aliphatic carboxylic acids is 2. The van der Waals surface area contributed by atoms with Crippen LogP contribution in [0.4, 0.5) is 0 Å². The molecule has 6 nitrogen and oxygen atoms in total. The van der Waals surface area contributed by atoms with E-state index in [1.165, 1.54) is 64.7 Å². The van der Waals surface area contributed by atoms with Crippen molar-refractivity contribution >= 4 is 11.9 Å². The lowest BCUT2D eigenvalue weighted by Crippen LogP contribution is -2.48. The van der Waals surface area contributed by atoms with Crippen LogP contribution in [0.1, 0.15) is 52.4 Å². The molecule has 6 heteroatoms. The highest BCUT2D eigenvalue weighted by molar-refractivity contribution is 6.27. The van der Waals surface area contributed by atoms with Crippen molar-refractivity contribution in [1.82, 2.24) is 9.80 Å². The summed E-state index contributed by atoms with van der Waals surface area (Å²) in [4.78, 5) is 23.6. The van der Waals surface area contributed by atoms with Crippen LogP contribution in [0.5, 0.6) is 0 Å². The predicted octanol–water partition coefficient (Wildman–Crippen LogP) is 1.89. The maximum atomic E-state index is 9.10. The highest BCUT2D eigenvalue weighted by Gasteiger charge is 2.26. The largest absolute Gasteiger partial charge is 0.473 e. The van der Waals surface area contributed by atoms with Gasteiger partial charge in [-0.2, -0.15) is 0 Å². The molecule has 0 saturated carbocycles. The van der Waals surface area contributed by atoms with Gasteiger partial charge in [0, 0.05) is 12.1 Å². The fourth-order valence-electron chi connectivity index (χ4n) is 3.23. The Kier molecular flexibility index (Phi) is 8.42. The first kappa shape index (κ1) is 18.9. The summed E-state index contributed by atoms with van der Waals surface area (Å²) in [7, 11) is 0. The molecule has 2 N–H and O–H groups in total. The molecule has 0 aromatic carbocycles. The summed E-state index contributed by atoms with van der Waals surface area (Å²) in [5.74, 6) is -3.65. The Labute approximate surface area is 133 Å². The van der Waals surface area contributed by atoms with Gasteiger partial charge >= 0.3 is 11.9 Å². The number of piperidine rings is 2. The van der Waals surface area contributed by atoms with E-state index in [1.807, 2.05) is 0 Å². The van der Waals surface area contributed by atoms with E-state index in [0.29, 0.717) is 0 Å². The van der Waals surface area contributed by atoms with Crippen LogP contribution in [0.3, 0.4) is 0 Å². The first-order chi connectivity index (χ1) is 10.5. The minimum absolute atomic E-state index is 0.794. The van der Waals surface area contributed by atoms with Crippen LogP contribution in [-0.4, -0.2) is 70.2 Å². The SMILES string of the molecule is CCC(C)N1CCC(N2CCCCC2)CC1.O=C(O)C(=O)O. The summed E-state index contributed by atoms with van der Waals surface area (Å²) < 4.78 is 0. The van der Waals surface area contributed by atoms with Gasteiger partial charge in [-0.3, -0.25) is 0 Å². The lowest BCUT2D eigenvalue weighted by Gasteiger charge is -2.41. The zero-order valence-electron chi connectivity index (χ0n) is 13.8. The first-order valence-electron chi connectivity index (χ1n) is 8.40. The van der Waals surface area contributed by atoms with E-state index in [1.54, 1.807) is 0 Å². The minimum atomic E-state index is -1.82. The molecule has 22 heavy (non-hydrogen) atoms. The molecule has 0 aliphatic carbocycles. The molecular formula is C16H30N2O4. The highest BCUT2D eigenvalue weighted by Crippen LogP contribution is 2.22. The maximum Gasteiger partial charge on any atom is 0.414 e. The van der Waals surface area contributed by atoms with Gasteiger partial charge in [0.1, 0.15) is 0 Å². The average Bonchev–Trinajstić information content (AvgIpc) is 2.55. The standard InChI is InChI=1S/C14H28N2.C2H2O4/c1-3-13(2)15-11-7-14(8-12-15)16-9-5-4-6-10-16;3-1(4)2(5)6/h13-14H,3-12H2,1-2H3;(H,3,4)(H,5,6). The molecular weight excluding hydrogens is 284 g/mol. The van der Waals surface area contributed by atoms with E-state index in [2.05, 4.69) is 23.6 Å². The number of rotatable bonds is 3. The molecule has 2 aliphatic rings. The van der Waals surface area contributed by atoms with Crippen LogP contribution in [0.2, 0.25) is 0 Å². The molecule has 1 atom stereocenters. The van der Waals surface area contributed by atoms with E-state index in [4.69, 9.17) is 19.8 Å². The van der Waals surface area contributed by atoms with Gasteiger partial charge in [-0.25, -0.2) is 9.59 Å². The smallest absolute Gasteiger partial charge is 0.414 e. The van der Waals surface area contributed by atoms with Gasteiger partial charge in [-0.05, 0) is 65.2 Å². The van der Waals surface area contributed by atoms with Crippen molar-refractivity contribution in [3.8, 4) is 0 Å². The van der Waals surface area contributed by atoms with Crippen molar-refractivity contribution < 1.29 is 19.8 Å². The fraction of sp³-hybridized carbons (Fsp3) is 0.875. The highest BCUT2D eigenvalue weighted by atomic mass is 16.4. The van der Waals surface area contributed by atoms with E-state index in [0.717, 1.165) is 12.1 Å². The van der Waals surface area contributed by atoms with Crippen molar-refractivity contribution in [3.63, 3.8) is 0 Å². The molecule has 128 valence electrons. The minimum Gasteiger partial charge on any atom is -0.473 e. The average molecular weight is 314 g/mol. The molecule has 2 rings (SSSR count). The van der Waals surface area contributed by atoms with Gasteiger partial charge in [0.15, 0.2) is 0 Å². The van der Waals surface area contributed by atoms with Crippen LogP contribution in [-0.2, 0) is 9.59 Å². The van der Waals surface area contributed by atoms with Crippen molar-refractivity contribution in [3.05, 3.63) is 0 Å². The van der Waals surface area contributed by atoms with Gasteiger partial charge in [0.25, 0.3) is 0 Å². The van der Waals surface area contributed by atoms with Crippen LogP contribution < -0.4 is 0 Å². The number of carbonyl (C=O) groups is 2. The van der Waals surface area contributed by atoms with E-state index in [-0.39, 0.29) is 0 Å². The Balaban J connectivity index is 0.000000346. The molecule has 0 bridgehead atoms. The Hall–Kier alpha value is -1.14. The monoisotopic (exact) mass is 314 g/mol. The van der Waals surface area contributed by atoms with E-state index < -0.39 is 11.9 Å². The molecule has 0 radical (unpaired) electrons. The van der Waals surface area contributed by atoms with Gasteiger partial charge in [-0.15, -0.1) is 0 Å². The number of carboxylic acids is 2. The molecule has 2 fully saturated rings. The third kappa shape index (κ3) is 6.32. The van der Waals surface area contributed by atoms with Crippen LogP contribution in [0, 0.1) is 0 Å². The lowest BCUT2D eigenvalue weighted by atomic mass is 9.98. The number of nitrogens with zero attached hydrogens (tertiary/aromatic N) is 2. The van der Waals surface area contributed by atoms with Gasteiger partial charge in [-0.1, -0.05) is 13.3 Å². The zero-order valence-corrected chi connectivity index (χ0v) is 13.8. The Morgan fingerprint density at radius 1 is 1.00 bits per heavy atom. The van der Waals surface area contributed by atoms with Crippen LogP contribution >= 0.6 is 0 Å². The Bertz CT molecular complexity index is 336. The predicted molar refractivity (Wildman–Crippen MR) is 85.0 cm³/mol. The third-order valence-electron chi connectivity index (χ3n) is 4.80. The fourth-order valence-corrected chi connectivity index (χ4v) is 3.23. The zero-order chi connectivity index (χ0) is 16.5. The van der Waals surface area contributed by atoms with Crippen LogP contribution in [0.15, 0.2) is 0 Å². The summed E-state index contributed by atoms with van der Waals surface area (Å²) in [6.07, 6.45) is 8.45. The van der Waals surface area contributed by atoms with E-state index in [9.17, 15) is 0 Å². The Morgan fingerprint density at radius 2 is 1.50 bits per heavy atom. The molecule has 1 unspecified atom stereocenters. The summed E-state index contributed by atoms with van der Waals surface area (Å²) >= 11 is 0. The number of carboxylic acid groups (broad SMARTS) is 2. The Morgan fingerprint density at radius 3 is 1.91 bits per heavy atom. The lowest BCUT2D eigenvalue weighted by molar-refractivity contribution is -0.159. The second-order valence-corrected chi connectivity index (χ2v) is 6.23. The van der Waals surface area contributed by atoms with Gasteiger partial charge < -0.3 is 20.0 Å². The molecule has 0 spiro atoms. The molecule has 0 aromatic rings. The van der Waals surface area contributed by atoms with Crippen molar-refractivity contribution in [2.45, 2.75) is 64.5 Å². The maximum absolute atomic E-state index is 9.10. The van der Waals surface area contributed by atoms with Gasteiger partial charge in [0.05, 0.1) is 0 Å². The molecule has 2 saturated heterocycles. The summed E-state index contributed by atoms with van der Waals surface area (Å²) in [5.41, 5.74) is 0. The third-order valence-corrected chi connectivity index (χ3v) is 4.80. The quantitative estimate of drug-likeness (QED) is 0.774. The summed E-state index contributed by atoms with van der Waals surface area (Å²) in [6.45, 7) is 10.1. The van der Waals surface area contributed by atoms with Crippen LogP contribution in [0.25, 0.3) is 0 Å². The number of likely N-dealkylation sites (tertiary alicyclic amines) is 2. The number of hydrogen-bond donors (Lipinski definition) is 2. The summed E-state index contributed by atoms with van der Waals surface area (Å²) in [5, 5.41) is 14.8. The second-order valence-electron chi connectivity index (χ2n) is 6.23. The molecule has 0 aromatic heterocycles. The second kappa shape index (κ2) is 9.79. The normalized spacial score (nSPS) is 22.5. The molecule has 2 aliphatic heterocycles. The molecule has 0 amide bonds. The van der Waals surface area contributed by atoms with Crippen molar-refractivity contribution in [2.75, 3.05) is 26.2 Å². The first-order valence-corrected chi connectivity index (χ1v) is 8.40. The summed E-state index contributed by atoms with van der Waals surface area (Å²) in [6, 6.07) is 1.70.